The van der Waals surface area contributed by atoms with Crippen molar-refractivity contribution in [2.75, 3.05) is 0 Å². The Labute approximate surface area is 134 Å². The number of nitro groups is 2. The fourth-order valence-corrected chi connectivity index (χ4v) is 3.39. The molecule has 0 bridgehead atoms. The van der Waals surface area contributed by atoms with Crippen LogP contribution in [0.25, 0.3) is 22.3 Å². The molecule has 2 aromatic carbocycles. The van der Waals surface area contributed by atoms with Gasteiger partial charge >= 0.3 is 10.0 Å². The van der Waals surface area contributed by atoms with Gasteiger partial charge in [0.15, 0.2) is 0 Å². The van der Waals surface area contributed by atoms with E-state index in [1.54, 1.807) is 60.7 Å². The van der Waals surface area contributed by atoms with Gasteiger partial charge in [0.25, 0.3) is 0 Å². The molecule has 7 heteroatoms. The SMILES string of the molecule is O=[N+]([O-])c1sc([N+](=O)[O-])c(-c2ccccc2)c1-c1ccccc1. The molecule has 0 fully saturated rings. The Morgan fingerprint density at radius 3 is 1.30 bits per heavy atom. The van der Waals surface area contributed by atoms with Crippen LogP contribution in [-0.4, -0.2) is 9.85 Å². The van der Waals surface area contributed by atoms with E-state index in [2.05, 4.69) is 0 Å². The van der Waals surface area contributed by atoms with E-state index >= 15 is 0 Å². The smallest absolute Gasteiger partial charge is 0.258 e. The Hall–Kier alpha value is -3.06. The average Bonchev–Trinajstić information content (AvgIpc) is 2.97. The second-order valence-corrected chi connectivity index (χ2v) is 5.69. The Balaban J connectivity index is 2.40. The number of hydrogen-bond donors (Lipinski definition) is 0. The Bertz CT molecular complexity index is 804. The molecule has 0 saturated carbocycles. The van der Waals surface area contributed by atoms with Gasteiger partial charge in [0.1, 0.15) is 0 Å². The molecule has 1 aromatic heterocycles. The third-order valence-electron chi connectivity index (χ3n) is 3.33. The molecule has 0 spiro atoms. The summed E-state index contributed by atoms with van der Waals surface area (Å²) in [7, 11) is 0. The van der Waals surface area contributed by atoms with Crippen LogP contribution < -0.4 is 0 Å². The minimum atomic E-state index is -0.563. The summed E-state index contributed by atoms with van der Waals surface area (Å²) in [6.45, 7) is 0. The normalized spacial score (nSPS) is 10.4. The van der Waals surface area contributed by atoms with Gasteiger partial charge in [-0.2, -0.15) is 0 Å². The van der Waals surface area contributed by atoms with E-state index in [-0.39, 0.29) is 10.0 Å². The van der Waals surface area contributed by atoms with Gasteiger partial charge in [0, 0.05) is 11.3 Å². The van der Waals surface area contributed by atoms with E-state index in [9.17, 15) is 20.2 Å². The summed E-state index contributed by atoms with van der Waals surface area (Å²) in [4.78, 5) is 21.7. The maximum Gasteiger partial charge on any atom is 0.338 e. The zero-order valence-electron chi connectivity index (χ0n) is 11.7. The number of benzene rings is 2. The molecule has 114 valence electrons. The summed E-state index contributed by atoms with van der Waals surface area (Å²) >= 11 is 0.594. The number of rotatable bonds is 4. The lowest BCUT2D eigenvalue weighted by Gasteiger charge is -2.04. The monoisotopic (exact) mass is 326 g/mol. The first-order chi connectivity index (χ1) is 11.1. The molecule has 0 unspecified atom stereocenters. The highest BCUT2D eigenvalue weighted by atomic mass is 32.1. The van der Waals surface area contributed by atoms with E-state index < -0.39 is 9.85 Å². The van der Waals surface area contributed by atoms with Crippen molar-refractivity contribution < 1.29 is 9.85 Å². The first-order valence-electron chi connectivity index (χ1n) is 6.66. The molecule has 3 rings (SSSR count). The first kappa shape index (κ1) is 14.9. The minimum absolute atomic E-state index is 0.221. The van der Waals surface area contributed by atoms with E-state index in [0.29, 0.717) is 33.6 Å². The van der Waals surface area contributed by atoms with Crippen LogP contribution in [0.1, 0.15) is 0 Å². The Morgan fingerprint density at radius 2 is 1.00 bits per heavy atom. The summed E-state index contributed by atoms with van der Waals surface area (Å²) < 4.78 is 0. The van der Waals surface area contributed by atoms with Crippen molar-refractivity contribution in [1.82, 2.24) is 0 Å². The molecule has 0 N–H and O–H groups in total. The highest BCUT2D eigenvalue weighted by Crippen LogP contribution is 2.51. The van der Waals surface area contributed by atoms with Crippen LogP contribution in [0.5, 0.6) is 0 Å². The maximum atomic E-state index is 11.4. The van der Waals surface area contributed by atoms with Crippen LogP contribution >= 0.6 is 11.3 Å². The quantitative estimate of drug-likeness (QED) is 0.504. The topological polar surface area (TPSA) is 86.3 Å². The molecule has 0 aliphatic rings. The van der Waals surface area contributed by atoms with Crippen molar-refractivity contribution in [2.24, 2.45) is 0 Å². The number of nitrogens with zero attached hydrogens (tertiary/aromatic N) is 2. The van der Waals surface area contributed by atoms with Gasteiger partial charge in [-0.05, 0) is 11.1 Å². The lowest BCUT2D eigenvalue weighted by Crippen LogP contribution is -1.90. The van der Waals surface area contributed by atoms with Crippen LogP contribution in [0, 0.1) is 20.2 Å². The standard InChI is InChI=1S/C16H10N2O4S/c19-17(20)15-13(11-7-3-1-4-8-11)14(16(23-15)18(21)22)12-9-5-2-6-10-12/h1-10H. The predicted octanol–water partition coefficient (Wildman–Crippen LogP) is 4.90. The van der Waals surface area contributed by atoms with Crippen molar-refractivity contribution >= 4 is 21.3 Å². The third-order valence-corrected chi connectivity index (χ3v) is 4.42. The van der Waals surface area contributed by atoms with Crippen molar-refractivity contribution in [1.29, 1.82) is 0 Å². The second kappa shape index (κ2) is 5.98. The van der Waals surface area contributed by atoms with Gasteiger partial charge in [-0.25, -0.2) is 0 Å². The third kappa shape index (κ3) is 2.69. The molecule has 0 atom stereocenters. The van der Waals surface area contributed by atoms with Crippen LogP contribution in [0.15, 0.2) is 60.7 Å². The van der Waals surface area contributed by atoms with Crippen molar-refractivity contribution in [3.05, 3.63) is 80.9 Å². The Morgan fingerprint density at radius 1 is 0.652 bits per heavy atom. The van der Waals surface area contributed by atoms with Gasteiger partial charge in [0.05, 0.1) is 21.0 Å². The molecule has 3 aromatic rings. The summed E-state index contributed by atoms with van der Waals surface area (Å²) in [6, 6.07) is 17.4. The number of hydrogen-bond acceptors (Lipinski definition) is 5. The fourth-order valence-electron chi connectivity index (χ4n) is 2.41. The highest BCUT2D eigenvalue weighted by molar-refractivity contribution is 7.19. The summed E-state index contributed by atoms with van der Waals surface area (Å²) in [5.74, 6) is 0. The molecule has 0 aliphatic heterocycles. The number of thiophene rings is 1. The summed E-state index contributed by atoms with van der Waals surface area (Å²) in [6.07, 6.45) is 0. The molecule has 0 saturated heterocycles. The molecule has 1 heterocycles. The van der Waals surface area contributed by atoms with Crippen molar-refractivity contribution in [2.45, 2.75) is 0 Å². The van der Waals surface area contributed by atoms with E-state index in [4.69, 9.17) is 0 Å². The van der Waals surface area contributed by atoms with Crippen LogP contribution in [0.4, 0.5) is 10.0 Å². The highest BCUT2D eigenvalue weighted by Gasteiger charge is 2.33. The van der Waals surface area contributed by atoms with Crippen LogP contribution in [-0.2, 0) is 0 Å². The molecule has 0 amide bonds. The zero-order valence-corrected chi connectivity index (χ0v) is 12.5. The van der Waals surface area contributed by atoms with E-state index in [1.165, 1.54) is 0 Å². The molecule has 6 nitrogen and oxygen atoms in total. The molecule has 0 aliphatic carbocycles. The van der Waals surface area contributed by atoms with E-state index in [0.717, 1.165) is 0 Å². The maximum absolute atomic E-state index is 11.4. The van der Waals surface area contributed by atoms with Crippen molar-refractivity contribution in [3.63, 3.8) is 0 Å². The molecular formula is C16H10N2O4S. The largest absolute Gasteiger partial charge is 0.338 e. The van der Waals surface area contributed by atoms with E-state index in [1.807, 2.05) is 0 Å². The molecular weight excluding hydrogens is 316 g/mol. The first-order valence-corrected chi connectivity index (χ1v) is 7.47. The molecule has 23 heavy (non-hydrogen) atoms. The predicted molar refractivity (Wildman–Crippen MR) is 88.5 cm³/mol. The van der Waals surface area contributed by atoms with Gasteiger partial charge in [-0.1, -0.05) is 60.7 Å². The fraction of sp³-hybridized carbons (Fsp3) is 0. The minimum Gasteiger partial charge on any atom is -0.258 e. The van der Waals surface area contributed by atoms with Crippen LogP contribution in [0.3, 0.4) is 0 Å². The average molecular weight is 326 g/mol. The van der Waals surface area contributed by atoms with Gasteiger partial charge in [-0.15, -0.1) is 0 Å². The second-order valence-electron chi connectivity index (χ2n) is 4.71. The summed E-state index contributed by atoms with van der Waals surface area (Å²) in [5, 5.41) is 22.4. The van der Waals surface area contributed by atoms with Gasteiger partial charge in [0.2, 0.25) is 0 Å². The molecule has 0 radical (unpaired) electrons. The lowest BCUT2D eigenvalue weighted by atomic mass is 9.97. The van der Waals surface area contributed by atoms with Crippen molar-refractivity contribution in [3.8, 4) is 22.3 Å². The lowest BCUT2D eigenvalue weighted by molar-refractivity contribution is -0.382. The zero-order chi connectivity index (χ0) is 16.4. The van der Waals surface area contributed by atoms with Gasteiger partial charge in [-0.3, -0.25) is 20.2 Å². The van der Waals surface area contributed by atoms with Crippen LogP contribution in [0.2, 0.25) is 0 Å². The Kier molecular flexibility index (Phi) is 3.86. The van der Waals surface area contributed by atoms with Gasteiger partial charge < -0.3 is 0 Å². The summed E-state index contributed by atoms with van der Waals surface area (Å²) in [5.41, 5.74) is 1.75.